The second-order valence-corrected chi connectivity index (χ2v) is 3.69. The molecule has 14 heavy (non-hydrogen) atoms. The predicted molar refractivity (Wildman–Crippen MR) is 52.2 cm³/mol. The molecule has 1 unspecified atom stereocenters. The third-order valence-electron chi connectivity index (χ3n) is 1.75. The smallest absolute Gasteiger partial charge is 0.339 e. The largest absolute Gasteiger partial charge is 0.508 e. The SMILES string of the molecule is NC(Cl)(Cc1ccc(O)cc1)C(=O)O. The van der Waals surface area contributed by atoms with Gasteiger partial charge in [-0.15, -0.1) is 0 Å². The number of carboxylic acid groups (broad SMARTS) is 1. The minimum atomic E-state index is -1.79. The molecule has 1 rings (SSSR count). The molecule has 5 heteroatoms. The first-order valence-electron chi connectivity index (χ1n) is 3.91. The highest BCUT2D eigenvalue weighted by Gasteiger charge is 2.31. The molecule has 0 aliphatic heterocycles. The molecule has 0 aliphatic carbocycles. The lowest BCUT2D eigenvalue weighted by molar-refractivity contribution is -0.140. The van der Waals surface area contributed by atoms with Crippen LogP contribution < -0.4 is 5.73 Å². The van der Waals surface area contributed by atoms with Gasteiger partial charge in [0, 0.05) is 6.42 Å². The van der Waals surface area contributed by atoms with E-state index in [1.165, 1.54) is 12.1 Å². The van der Waals surface area contributed by atoms with Gasteiger partial charge in [0.05, 0.1) is 0 Å². The summed E-state index contributed by atoms with van der Waals surface area (Å²) < 4.78 is 0. The van der Waals surface area contributed by atoms with Gasteiger partial charge in [0.2, 0.25) is 0 Å². The average Bonchev–Trinajstić information content (AvgIpc) is 2.08. The van der Waals surface area contributed by atoms with Crippen LogP contribution in [0.15, 0.2) is 24.3 Å². The van der Waals surface area contributed by atoms with Crippen LogP contribution >= 0.6 is 11.6 Å². The number of carbonyl (C=O) groups is 1. The number of carboxylic acids is 1. The number of phenols is 1. The van der Waals surface area contributed by atoms with Crippen LogP contribution in [0.25, 0.3) is 0 Å². The first-order valence-corrected chi connectivity index (χ1v) is 4.29. The van der Waals surface area contributed by atoms with Crippen LogP contribution in [0.2, 0.25) is 0 Å². The standard InChI is InChI=1S/C9H10ClNO3/c10-9(11,8(13)14)5-6-1-3-7(12)4-2-6/h1-4,12H,5,11H2,(H,13,14). The highest BCUT2D eigenvalue weighted by molar-refractivity contribution is 6.33. The van der Waals surface area contributed by atoms with Crippen LogP contribution in [0.1, 0.15) is 5.56 Å². The Morgan fingerprint density at radius 3 is 2.36 bits per heavy atom. The second kappa shape index (κ2) is 3.86. The van der Waals surface area contributed by atoms with E-state index in [1.54, 1.807) is 12.1 Å². The summed E-state index contributed by atoms with van der Waals surface area (Å²) in [5.41, 5.74) is 5.99. The van der Waals surface area contributed by atoms with E-state index in [1.807, 2.05) is 0 Å². The fourth-order valence-electron chi connectivity index (χ4n) is 0.986. The number of phenolic OH excluding ortho intramolecular Hbond substituents is 1. The molecule has 76 valence electrons. The maximum atomic E-state index is 10.6. The Hall–Kier alpha value is -1.26. The summed E-state index contributed by atoms with van der Waals surface area (Å²) in [6.07, 6.45) is 0.00414. The predicted octanol–water partition coefficient (Wildman–Crippen LogP) is 0.913. The van der Waals surface area contributed by atoms with Gasteiger partial charge in [-0.3, -0.25) is 0 Å². The van der Waals surface area contributed by atoms with Crippen molar-refractivity contribution in [1.29, 1.82) is 0 Å². The van der Waals surface area contributed by atoms with E-state index >= 15 is 0 Å². The van der Waals surface area contributed by atoms with E-state index in [0.717, 1.165) is 0 Å². The second-order valence-electron chi connectivity index (χ2n) is 3.01. The van der Waals surface area contributed by atoms with Gasteiger partial charge in [0.1, 0.15) is 5.75 Å². The summed E-state index contributed by atoms with van der Waals surface area (Å²) in [7, 11) is 0. The number of alkyl halides is 1. The summed E-state index contributed by atoms with van der Waals surface area (Å²) in [4.78, 5) is 8.79. The summed E-state index contributed by atoms with van der Waals surface area (Å²) in [6.45, 7) is 0. The molecule has 0 aliphatic rings. The topological polar surface area (TPSA) is 83.5 Å². The van der Waals surface area contributed by atoms with Gasteiger partial charge >= 0.3 is 5.97 Å². The van der Waals surface area contributed by atoms with Crippen molar-refractivity contribution in [2.24, 2.45) is 5.73 Å². The Morgan fingerprint density at radius 2 is 1.93 bits per heavy atom. The van der Waals surface area contributed by atoms with Crippen LogP contribution in [0.5, 0.6) is 5.75 Å². The number of rotatable bonds is 3. The zero-order valence-electron chi connectivity index (χ0n) is 7.27. The Labute approximate surface area is 85.9 Å². The number of aliphatic carboxylic acids is 1. The molecule has 0 bridgehead atoms. The number of hydrogen-bond acceptors (Lipinski definition) is 3. The molecule has 0 radical (unpaired) electrons. The molecule has 4 nitrogen and oxygen atoms in total. The Kier molecular flexibility index (Phi) is 2.98. The van der Waals surface area contributed by atoms with Crippen molar-refractivity contribution in [2.45, 2.75) is 11.4 Å². The maximum Gasteiger partial charge on any atom is 0.339 e. The molecule has 0 amide bonds. The molecule has 1 aromatic rings. The van der Waals surface area contributed by atoms with E-state index < -0.39 is 11.0 Å². The monoisotopic (exact) mass is 215 g/mol. The lowest BCUT2D eigenvalue weighted by Gasteiger charge is -2.16. The Balaban J connectivity index is 2.79. The summed E-state index contributed by atoms with van der Waals surface area (Å²) in [6, 6.07) is 6.04. The normalized spacial score (nSPS) is 14.7. The van der Waals surface area contributed by atoms with Crippen molar-refractivity contribution < 1.29 is 15.0 Å². The number of halogens is 1. The molecule has 0 aromatic heterocycles. The van der Waals surface area contributed by atoms with Crippen LogP contribution in [-0.2, 0) is 11.2 Å². The van der Waals surface area contributed by atoms with Crippen molar-refractivity contribution in [3.8, 4) is 5.75 Å². The van der Waals surface area contributed by atoms with Gasteiger partial charge in [-0.2, -0.15) is 0 Å². The summed E-state index contributed by atoms with van der Waals surface area (Å²) in [5.74, 6) is -1.16. The zero-order valence-corrected chi connectivity index (χ0v) is 8.03. The van der Waals surface area contributed by atoms with Gasteiger partial charge in [-0.1, -0.05) is 23.7 Å². The van der Waals surface area contributed by atoms with Crippen molar-refractivity contribution in [3.63, 3.8) is 0 Å². The summed E-state index contributed by atoms with van der Waals surface area (Å²) in [5, 5.41) is 17.6. The van der Waals surface area contributed by atoms with Crippen LogP contribution in [0.4, 0.5) is 0 Å². The minimum Gasteiger partial charge on any atom is -0.508 e. The van der Waals surface area contributed by atoms with Gasteiger partial charge < -0.3 is 15.9 Å². The lowest BCUT2D eigenvalue weighted by atomic mass is 10.1. The first kappa shape index (κ1) is 10.8. The molecule has 0 saturated carbocycles. The quantitative estimate of drug-likeness (QED) is 0.517. The number of hydrogen-bond donors (Lipinski definition) is 3. The van der Waals surface area contributed by atoms with Crippen molar-refractivity contribution in [1.82, 2.24) is 0 Å². The van der Waals surface area contributed by atoms with Gasteiger partial charge in [0.15, 0.2) is 5.00 Å². The maximum absolute atomic E-state index is 10.6. The fraction of sp³-hybridized carbons (Fsp3) is 0.222. The Morgan fingerprint density at radius 1 is 1.43 bits per heavy atom. The molecule has 1 atom stereocenters. The molecule has 0 heterocycles. The average molecular weight is 216 g/mol. The molecule has 1 aromatic carbocycles. The summed E-state index contributed by atoms with van der Waals surface area (Å²) >= 11 is 5.56. The van der Waals surface area contributed by atoms with E-state index in [9.17, 15) is 4.79 Å². The molecule has 0 spiro atoms. The van der Waals surface area contributed by atoms with Crippen molar-refractivity contribution in [3.05, 3.63) is 29.8 Å². The molecular formula is C9H10ClNO3. The van der Waals surface area contributed by atoms with E-state index in [-0.39, 0.29) is 12.2 Å². The van der Waals surface area contributed by atoms with E-state index in [4.69, 9.17) is 27.5 Å². The van der Waals surface area contributed by atoms with Crippen molar-refractivity contribution in [2.75, 3.05) is 0 Å². The van der Waals surface area contributed by atoms with Crippen LogP contribution in [0.3, 0.4) is 0 Å². The highest BCUT2D eigenvalue weighted by atomic mass is 35.5. The minimum absolute atomic E-state index is 0.00414. The molecule has 4 N–H and O–H groups in total. The van der Waals surface area contributed by atoms with Crippen molar-refractivity contribution >= 4 is 17.6 Å². The molecular weight excluding hydrogens is 206 g/mol. The zero-order chi connectivity index (χ0) is 10.8. The number of benzene rings is 1. The van der Waals surface area contributed by atoms with E-state index in [0.29, 0.717) is 5.56 Å². The van der Waals surface area contributed by atoms with Gasteiger partial charge in [-0.05, 0) is 17.7 Å². The van der Waals surface area contributed by atoms with Gasteiger partial charge in [-0.25, -0.2) is 4.79 Å². The fourth-order valence-corrected chi connectivity index (χ4v) is 1.14. The van der Waals surface area contributed by atoms with Crippen LogP contribution in [0, 0.1) is 0 Å². The third kappa shape index (κ3) is 2.61. The van der Waals surface area contributed by atoms with Crippen LogP contribution in [-0.4, -0.2) is 21.2 Å². The first-order chi connectivity index (χ1) is 6.42. The van der Waals surface area contributed by atoms with E-state index in [2.05, 4.69) is 0 Å². The Bertz CT molecular complexity index is 334. The highest BCUT2D eigenvalue weighted by Crippen LogP contribution is 2.17. The lowest BCUT2D eigenvalue weighted by Crippen LogP contribution is -2.44. The third-order valence-corrected chi connectivity index (χ3v) is 2.05. The number of aromatic hydroxyl groups is 1. The molecule has 0 fully saturated rings. The number of nitrogens with two attached hydrogens (primary N) is 1. The molecule has 0 saturated heterocycles. The van der Waals surface area contributed by atoms with Gasteiger partial charge in [0.25, 0.3) is 0 Å².